The van der Waals surface area contributed by atoms with Gasteiger partial charge in [-0.2, -0.15) is 15.0 Å². The normalized spacial score (nSPS) is 10.5. The van der Waals surface area contributed by atoms with Gasteiger partial charge in [0.05, 0.1) is 13.2 Å². The molecule has 0 saturated carbocycles. The lowest BCUT2D eigenvalue weighted by atomic mass is 10.4. The van der Waals surface area contributed by atoms with E-state index in [9.17, 15) is 0 Å². The predicted molar refractivity (Wildman–Crippen MR) is 71.4 cm³/mol. The van der Waals surface area contributed by atoms with Crippen molar-refractivity contribution in [1.29, 1.82) is 0 Å². The number of aromatic nitrogens is 3. The summed E-state index contributed by atoms with van der Waals surface area (Å²) in [6.45, 7) is 4.90. The van der Waals surface area contributed by atoms with E-state index in [0.29, 0.717) is 19.1 Å². The molecule has 1 N–H and O–H groups in total. The summed E-state index contributed by atoms with van der Waals surface area (Å²) < 4.78 is 10.8. The fourth-order valence-corrected chi connectivity index (χ4v) is 1.57. The zero-order chi connectivity index (χ0) is 13.7. The molecule has 6 nitrogen and oxygen atoms in total. The average Bonchev–Trinajstić information content (AvgIpc) is 2.79. The maximum atomic E-state index is 5.81. The number of aryl methyl sites for hydroxylation is 1. The number of furan rings is 1. The van der Waals surface area contributed by atoms with Gasteiger partial charge < -0.3 is 14.5 Å². The molecule has 0 saturated heterocycles. The summed E-state index contributed by atoms with van der Waals surface area (Å²) >= 11 is 5.81. The monoisotopic (exact) mass is 282 g/mol. The number of hydrogen-bond donors (Lipinski definition) is 1. The second-order valence-electron chi connectivity index (χ2n) is 3.92. The molecule has 2 aromatic rings. The quantitative estimate of drug-likeness (QED) is 0.878. The van der Waals surface area contributed by atoms with Gasteiger partial charge >= 0.3 is 6.01 Å². The molecule has 0 amide bonds. The van der Waals surface area contributed by atoms with Gasteiger partial charge in [0, 0.05) is 0 Å². The zero-order valence-electron chi connectivity index (χ0n) is 10.8. The summed E-state index contributed by atoms with van der Waals surface area (Å²) in [6, 6.07) is 4.01. The van der Waals surface area contributed by atoms with Crippen molar-refractivity contribution in [3.63, 3.8) is 0 Å². The van der Waals surface area contributed by atoms with Crippen molar-refractivity contribution in [2.45, 2.75) is 26.8 Å². The first kappa shape index (κ1) is 13.6. The molecule has 7 heteroatoms. The van der Waals surface area contributed by atoms with Gasteiger partial charge in [-0.25, -0.2) is 0 Å². The standard InChI is InChI=1S/C12H15ClN4O2/c1-3-6-18-12-16-10(13)15-11(17-12)14-7-9-5-4-8(2)19-9/h4-5H,3,6-7H2,1-2H3,(H,14,15,16,17). The van der Waals surface area contributed by atoms with Crippen LogP contribution in [0, 0.1) is 6.92 Å². The molecule has 0 aliphatic rings. The van der Waals surface area contributed by atoms with Gasteiger partial charge in [-0.3, -0.25) is 0 Å². The van der Waals surface area contributed by atoms with Crippen LogP contribution in [0.25, 0.3) is 0 Å². The molecule has 2 rings (SSSR count). The van der Waals surface area contributed by atoms with E-state index in [0.717, 1.165) is 17.9 Å². The van der Waals surface area contributed by atoms with Crippen molar-refractivity contribution in [3.8, 4) is 6.01 Å². The summed E-state index contributed by atoms with van der Waals surface area (Å²) in [7, 11) is 0. The number of ether oxygens (including phenoxy) is 1. The summed E-state index contributed by atoms with van der Waals surface area (Å²) in [4.78, 5) is 12.0. The summed E-state index contributed by atoms with van der Waals surface area (Å²) in [6.07, 6.45) is 0.873. The number of hydrogen-bond acceptors (Lipinski definition) is 6. The van der Waals surface area contributed by atoms with Crippen LogP contribution in [0.5, 0.6) is 6.01 Å². The van der Waals surface area contributed by atoms with E-state index in [1.165, 1.54) is 0 Å². The first-order valence-electron chi connectivity index (χ1n) is 6.01. The van der Waals surface area contributed by atoms with Gasteiger partial charge in [0.25, 0.3) is 0 Å². The Hall–Kier alpha value is -1.82. The summed E-state index contributed by atoms with van der Waals surface area (Å²) in [5.74, 6) is 2.02. The second-order valence-corrected chi connectivity index (χ2v) is 4.26. The van der Waals surface area contributed by atoms with Crippen LogP contribution in [0.1, 0.15) is 24.9 Å². The Morgan fingerprint density at radius 1 is 1.32 bits per heavy atom. The fourth-order valence-electron chi connectivity index (χ4n) is 1.42. The van der Waals surface area contributed by atoms with Crippen LogP contribution in [-0.4, -0.2) is 21.6 Å². The second kappa shape index (κ2) is 6.38. The highest BCUT2D eigenvalue weighted by molar-refractivity contribution is 6.28. The van der Waals surface area contributed by atoms with Crippen molar-refractivity contribution in [2.75, 3.05) is 11.9 Å². The lowest BCUT2D eigenvalue weighted by Crippen LogP contribution is -2.07. The first-order chi connectivity index (χ1) is 9.17. The smallest absolute Gasteiger partial charge is 0.322 e. The predicted octanol–water partition coefficient (Wildman–Crippen LogP) is 2.83. The Bertz CT molecular complexity index is 544. The van der Waals surface area contributed by atoms with Gasteiger partial charge in [-0.1, -0.05) is 6.92 Å². The maximum absolute atomic E-state index is 5.81. The Labute approximate surface area is 116 Å². The van der Waals surface area contributed by atoms with Crippen LogP contribution in [0.2, 0.25) is 5.28 Å². The van der Waals surface area contributed by atoms with Crippen LogP contribution < -0.4 is 10.1 Å². The van der Waals surface area contributed by atoms with E-state index in [2.05, 4.69) is 20.3 Å². The minimum Gasteiger partial charge on any atom is -0.465 e. The van der Waals surface area contributed by atoms with Gasteiger partial charge in [0.1, 0.15) is 11.5 Å². The van der Waals surface area contributed by atoms with Gasteiger partial charge in [-0.15, -0.1) is 0 Å². The Kier molecular flexibility index (Phi) is 4.57. The molecule has 0 fully saturated rings. The molecule has 0 aliphatic heterocycles. The summed E-state index contributed by atoms with van der Waals surface area (Å²) in [5.41, 5.74) is 0. The van der Waals surface area contributed by atoms with E-state index in [1.807, 2.05) is 26.0 Å². The minimum absolute atomic E-state index is 0.0965. The third kappa shape index (κ3) is 4.10. The van der Waals surface area contributed by atoms with E-state index < -0.39 is 0 Å². The molecule has 0 aliphatic carbocycles. The molecule has 0 bridgehead atoms. The van der Waals surface area contributed by atoms with Crippen molar-refractivity contribution in [3.05, 3.63) is 28.9 Å². The molecule has 2 aromatic heterocycles. The third-order valence-corrected chi connectivity index (χ3v) is 2.41. The minimum atomic E-state index is 0.0965. The van der Waals surface area contributed by atoms with Crippen molar-refractivity contribution in [2.24, 2.45) is 0 Å². The number of nitrogens with zero attached hydrogens (tertiary/aromatic N) is 3. The number of anilines is 1. The van der Waals surface area contributed by atoms with E-state index >= 15 is 0 Å². The molecule has 0 unspecified atom stereocenters. The molecular formula is C12H15ClN4O2. The van der Waals surface area contributed by atoms with Gasteiger partial charge in [0.15, 0.2) is 0 Å². The largest absolute Gasteiger partial charge is 0.465 e. The highest BCUT2D eigenvalue weighted by Crippen LogP contribution is 2.13. The Morgan fingerprint density at radius 2 is 2.16 bits per heavy atom. The highest BCUT2D eigenvalue weighted by atomic mass is 35.5. The summed E-state index contributed by atoms with van der Waals surface area (Å²) in [5, 5.41) is 3.11. The highest BCUT2D eigenvalue weighted by Gasteiger charge is 2.06. The first-order valence-corrected chi connectivity index (χ1v) is 6.38. The number of halogens is 1. The van der Waals surface area contributed by atoms with E-state index in [1.54, 1.807) is 0 Å². The van der Waals surface area contributed by atoms with Crippen LogP contribution >= 0.6 is 11.6 Å². The van der Waals surface area contributed by atoms with Crippen molar-refractivity contribution >= 4 is 17.5 Å². The van der Waals surface area contributed by atoms with E-state index in [-0.39, 0.29) is 11.3 Å². The van der Waals surface area contributed by atoms with Crippen LogP contribution in [0.3, 0.4) is 0 Å². The number of nitrogens with one attached hydrogen (secondary N) is 1. The molecule has 0 atom stereocenters. The van der Waals surface area contributed by atoms with Crippen LogP contribution in [0.15, 0.2) is 16.5 Å². The molecule has 0 radical (unpaired) electrons. The Morgan fingerprint density at radius 3 is 2.84 bits per heavy atom. The van der Waals surface area contributed by atoms with E-state index in [4.69, 9.17) is 20.8 Å². The van der Waals surface area contributed by atoms with Crippen LogP contribution in [-0.2, 0) is 6.54 Å². The van der Waals surface area contributed by atoms with Gasteiger partial charge in [-0.05, 0) is 37.1 Å². The lowest BCUT2D eigenvalue weighted by Gasteiger charge is -2.06. The average molecular weight is 283 g/mol. The zero-order valence-corrected chi connectivity index (χ0v) is 11.6. The topological polar surface area (TPSA) is 73.1 Å². The SMILES string of the molecule is CCCOc1nc(Cl)nc(NCc2ccc(C)o2)n1. The molecule has 19 heavy (non-hydrogen) atoms. The Balaban J connectivity index is 2.01. The number of rotatable bonds is 6. The molecular weight excluding hydrogens is 268 g/mol. The lowest BCUT2D eigenvalue weighted by molar-refractivity contribution is 0.291. The van der Waals surface area contributed by atoms with Crippen molar-refractivity contribution < 1.29 is 9.15 Å². The molecule has 102 valence electrons. The molecule has 2 heterocycles. The fraction of sp³-hybridized carbons (Fsp3) is 0.417. The van der Waals surface area contributed by atoms with Gasteiger partial charge in [0.2, 0.25) is 11.2 Å². The molecule has 0 aromatic carbocycles. The maximum Gasteiger partial charge on any atom is 0.322 e. The van der Waals surface area contributed by atoms with Crippen molar-refractivity contribution in [1.82, 2.24) is 15.0 Å². The van der Waals surface area contributed by atoms with Crippen LogP contribution in [0.4, 0.5) is 5.95 Å². The molecule has 0 spiro atoms. The third-order valence-electron chi connectivity index (χ3n) is 2.24.